The van der Waals surface area contributed by atoms with E-state index in [0.29, 0.717) is 6.04 Å². The second-order valence-electron chi connectivity index (χ2n) is 6.22. The van der Waals surface area contributed by atoms with Crippen LogP contribution in [0.1, 0.15) is 40.1 Å². The number of ether oxygens (including phenoxy) is 1. The molecule has 2 N–H and O–H groups in total. The van der Waals surface area contributed by atoms with Crippen molar-refractivity contribution < 1.29 is 9.53 Å². The van der Waals surface area contributed by atoms with Gasteiger partial charge in [0.25, 0.3) is 5.91 Å². The molecule has 5 heteroatoms. The Hall–Kier alpha value is -2.53. The van der Waals surface area contributed by atoms with Crippen molar-refractivity contribution in [1.82, 2.24) is 10.6 Å². The number of benzene rings is 2. The lowest BCUT2D eigenvalue weighted by atomic mass is 9.90. The third-order valence-corrected chi connectivity index (χ3v) is 4.99. The van der Waals surface area contributed by atoms with Crippen LogP contribution in [0.15, 0.2) is 42.5 Å². The molecule has 0 fully saturated rings. The molecule has 1 amide bonds. The van der Waals surface area contributed by atoms with Gasteiger partial charge in [0.05, 0.1) is 18.4 Å². The van der Waals surface area contributed by atoms with Crippen molar-refractivity contribution in [1.29, 1.82) is 0 Å². The number of carbonyl (C=O) groups is 1. The van der Waals surface area contributed by atoms with Gasteiger partial charge in [-0.3, -0.25) is 4.79 Å². The fraction of sp³-hybridized carbons (Fsp3) is 0.316. The van der Waals surface area contributed by atoms with E-state index >= 15 is 0 Å². The molecule has 0 aromatic heterocycles. The molecule has 2 aromatic rings. The van der Waals surface area contributed by atoms with Gasteiger partial charge in [-0.1, -0.05) is 24.3 Å². The first-order valence-corrected chi connectivity index (χ1v) is 8.24. The van der Waals surface area contributed by atoms with Gasteiger partial charge in [0, 0.05) is 12.6 Å². The number of methoxy groups -OCH3 is 1. The standard InChI is InChI=1S/C19H21N3O2/c1-20-16-10-11-22-17-14(16)4-3-5-15(17)19(23)21-18(22)12-6-8-13(24-2)9-7-12/h3-9,16,18,20H,10-11H2,1-2H3,(H,21,23)/t16-,18-/m1/s1. The lowest BCUT2D eigenvalue weighted by Gasteiger charge is -2.44. The van der Waals surface area contributed by atoms with Crippen LogP contribution < -0.4 is 20.3 Å². The highest BCUT2D eigenvalue weighted by molar-refractivity contribution is 6.03. The van der Waals surface area contributed by atoms with Crippen molar-refractivity contribution in [2.45, 2.75) is 18.6 Å². The molecule has 2 aliphatic heterocycles. The zero-order valence-electron chi connectivity index (χ0n) is 13.9. The molecule has 24 heavy (non-hydrogen) atoms. The zero-order valence-corrected chi connectivity index (χ0v) is 13.9. The number of para-hydroxylation sites is 1. The Labute approximate surface area is 141 Å². The maximum atomic E-state index is 12.6. The fourth-order valence-electron chi connectivity index (χ4n) is 3.77. The Morgan fingerprint density at radius 3 is 2.71 bits per heavy atom. The third kappa shape index (κ3) is 2.24. The normalized spacial score (nSPS) is 21.9. The molecule has 0 saturated carbocycles. The number of hydrogen-bond donors (Lipinski definition) is 2. The Balaban J connectivity index is 1.79. The Morgan fingerprint density at radius 2 is 2.00 bits per heavy atom. The Morgan fingerprint density at radius 1 is 1.21 bits per heavy atom. The van der Waals surface area contributed by atoms with E-state index in [1.807, 2.05) is 43.4 Å². The topological polar surface area (TPSA) is 53.6 Å². The van der Waals surface area contributed by atoms with Gasteiger partial charge in [-0.05, 0) is 42.8 Å². The molecule has 5 nitrogen and oxygen atoms in total. The third-order valence-electron chi connectivity index (χ3n) is 4.99. The van der Waals surface area contributed by atoms with Crippen LogP contribution in [-0.2, 0) is 0 Å². The quantitative estimate of drug-likeness (QED) is 0.912. The van der Waals surface area contributed by atoms with Crippen LogP contribution in [0.2, 0.25) is 0 Å². The first kappa shape index (κ1) is 15.0. The van der Waals surface area contributed by atoms with Gasteiger partial charge in [-0.2, -0.15) is 0 Å². The Bertz CT molecular complexity index is 773. The van der Waals surface area contributed by atoms with Crippen molar-refractivity contribution in [2.75, 3.05) is 25.6 Å². The molecule has 0 saturated heterocycles. The predicted octanol–water partition coefficient (Wildman–Crippen LogP) is 2.61. The average molecular weight is 323 g/mol. The molecule has 4 rings (SSSR count). The molecule has 0 spiro atoms. The molecule has 124 valence electrons. The van der Waals surface area contributed by atoms with Gasteiger partial charge in [-0.15, -0.1) is 0 Å². The van der Waals surface area contributed by atoms with E-state index in [4.69, 9.17) is 4.74 Å². The number of nitrogens with one attached hydrogen (secondary N) is 2. The summed E-state index contributed by atoms with van der Waals surface area (Å²) in [5.41, 5.74) is 4.09. The summed E-state index contributed by atoms with van der Waals surface area (Å²) in [5.74, 6) is 0.802. The second-order valence-corrected chi connectivity index (χ2v) is 6.22. The highest BCUT2D eigenvalue weighted by Crippen LogP contribution is 2.42. The van der Waals surface area contributed by atoms with Crippen LogP contribution in [0, 0.1) is 0 Å². The van der Waals surface area contributed by atoms with Crippen molar-refractivity contribution >= 4 is 11.6 Å². The highest BCUT2D eigenvalue weighted by atomic mass is 16.5. The van der Waals surface area contributed by atoms with E-state index in [-0.39, 0.29) is 12.1 Å². The van der Waals surface area contributed by atoms with Crippen molar-refractivity contribution in [3.63, 3.8) is 0 Å². The number of amides is 1. The molecule has 2 aliphatic rings. The molecule has 0 unspecified atom stereocenters. The number of hydrogen-bond acceptors (Lipinski definition) is 4. The fourth-order valence-corrected chi connectivity index (χ4v) is 3.77. The van der Waals surface area contributed by atoms with Gasteiger partial charge in [0.15, 0.2) is 0 Å². The summed E-state index contributed by atoms with van der Waals surface area (Å²) in [6.45, 7) is 0.895. The summed E-state index contributed by atoms with van der Waals surface area (Å²) in [5, 5.41) is 6.51. The van der Waals surface area contributed by atoms with Crippen molar-refractivity contribution in [3.05, 3.63) is 59.2 Å². The van der Waals surface area contributed by atoms with Crippen molar-refractivity contribution in [3.8, 4) is 5.75 Å². The van der Waals surface area contributed by atoms with E-state index in [1.165, 1.54) is 5.56 Å². The smallest absolute Gasteiger partial charge is 0.255 e. The van der Waals surface area contributed by atoms with E-state index in [2.05, 4.69) is 21.6 Å². The first-order valence-electron chi connectivity index (χ1n) is 8.24. The number of anilines is 1. The lowest BCUT2D eigenvalue weighted by Crippen LogP contribution is -2.50. The number of nitrogens with zero attached hydrogens (tertiary/aromatic N) is 1. The van der Waals surface area contributed by atoms with E-state index in [9.17, 15) is 4.79 Å². The van der Waals surface area contributed by atoms with E-state index in [0.717, 1.165) is 35.5 Å². The highest BCUT2D eigenvalue weighted by Gasteiger charge is 2.37. The number of rotatable bonds is 3. The van der Waals surface area contributed by atoms with Crippen LogP contribution in [0.4, 0.5) is 5.69 Å². The summed E-state index contributed by atoms with van der Waals surface area (Å²) >= 11 is 0. The van der Waals surface area contributed by atoms with Crippen LogP contribution in [0.3, 0.4) is 0 Å². The van der Waals surface area contributed by atoms with Gasteiger partial charge in [-0.25, -0.2) is 0 Å². The molecular formula is C19H21N3O2. The molecule has 2 heterocycles. The lowest BCUT2D eigenvalue weighted by molar-refractivity contribution is 0.0924. The molecule has 2 aromatic carbocycles. The summed E-state index contributed by atoms with van der Waals surface area (Å²) in [7, 11) is 3.63. The maximum absolute atomic E-state index is 12.6. The summed E-state index contributed by atoms with van der Waals surface area (Å²) in [6.07, 6.45) is 0.866. The molecule has 2 atom stereocenters. The minimum absolute atomic E-state index is 0.0133. The minimum atomic E-state index is -0.144. The van der Waals surface area contributed by atoms with Crippen molar-refractivity contribution in [2.24, 2.45) is 0 Å². The largest absolute Gasteiger partial charge is 0.497 e. The maximum Gasteiger partial charge on any atom is 0.255 e. The van der Waals surface area contributed by atoms with E-state index in [1.54, 1.807) is 7.11 Å². The molecular weight excluding hydrogens is 302 g/mol. The van der Waals surface area contributed by atoms with Crippen LogP contribution >= 0.6 is 0 Å². The monoisotopic (exact) mass is 323 g/mol. The van der Waals surface area contributed by atoms with Gasteiger partial charge in [0.1, 0.15) is 11.9 Å². The molecule has 0 aliphatic carbocycles. The SMILES string of the molecule is CN[C@@H]1CCN2c3c(cccc31)C(=O)N[C@H]2c1ccc(OC)cc1. The minimum Gasteiger partial charge on any atom is -0.497 e. The zero-order chi connectivity index (χ0) is 16.7. The summed E-state index contributed by atoms with van der Waals surface area (Å²) < 4.78 is 5.24. The second kappa shape index (κ2) is 5.83. The first-order chi connectivity index (χ1) is 11.7. The van der Waals surface area contributed by atoms with Gasteiger partial charge >= 0.3 is 0 Å². The molecule has 0 radical (unpaired) electrons. The average Bonchev–Trinajstić information content (AvgIpc) is 2.64. The summed E-state index contributed by atoms with van der Waals surface area (Å²) in [4.78, 5) is 14.9. The van der Waals surface area contributed by atoms with Gasteiger partial charge < -0.3 is 20.3 Å². The van der Waals surface area contributed by atoms with E-state index < -0.39 is 0 Å². The number of carbonyl (C=O) groups excluding carboxylic acids is 1. The predicted molar refractivity (Wildman–Crippen MR) is 93.4 cm³/mol. The Kier molecular flexibility index (Phi) is 3.65. The van der Waals surface area contributed by atoms with Gasteiger partial charge in [0.2, 0.25) is 0 Å². The van der Waals surface area contributed by atoms with Crippen LogP contribution in [-0.4, -0.2) is 26.6 Å². The van der Waals surface area contributed by atoms with Crippen LogP contribution in [0.25, 0.3) is 0 Å². The van der Waals surface area contributed by atoms with Crippen LogP contribution in [0.5, 0.6) is 5.75 Å². The molecule has 0 bridgehead atoms. The summed E-state index contributed by atoms with van der Waals surface area (Å²) in [6, 6.07) is 14.2.